The van der Waals surface area contributed by atoms with Gasteiger partial charge in [-0.25, -0.2) is 0 Å². The molecule has 0 bridgehead atoms. The third-order valence-electron chi connectivity index (χ3n) is 5.38. The predicted molar refractivity (Wildman–Crippen MR) is 115 cm³/mol. The van der Waals surface area contributed by atoms with Crippen LogP contribution in [0.25, 0.3) is 0 Å². The highest BCUT2D eigenvalue weighted by molar-refractivity contribution is 5.96. The second-order valence-electron chi connectivity index (χ2n) is 7.70. The molecule has 7 nitrogen and oxygen atoms in total. The molecule has 30 heavy (non-hydrogen) atoms. The summed E-state index contributed by atoms with van der Waals surface area (Å²) >= 11 is 0. The fourth-order valence-corrected chi connectivity index (χ4v) is 3.62. The summed E-state index contributed by atoms with van der Waals surface area (Å²) < 4.78 is 0. The number of rotatable bonds is 10. The number of amides is 3. The minimum absolute atomic E-state index is 0.0499. The number of hydrogen-bond acceptors (Lipinski definition) is 4. The van der Waals surface area contributed by atoms with Gasteiger partial charge in [-0.2, -0.15) is 0 Å². The van der Waals surface area contributed by atoms with E-state index in [1.807, 2.05) is 6.92 Å². The number of unbranched alkanes of at least 4 members (excludes halogenated alkanes) is 3. The number of piperazine rings is 1. The van der Waals surface area contributed by atoms with E-state index in [4.69, 9.17) is 0 Å². The average Bonchev–Trinajstić information content (AvgIpc) is 2.78. The van der Waals surface area contributed by atoms with Crippen molar-refractivity contribution in [1.29, 1.82) is 0 Å². The second kappa shape index (κ2) is 12.1. The zero-order chi connectivity index (χ0) is 21.9. The standard InChI is InChI=1S/C23H33N3O4/c1-3-5-6-7-13-24-22(29)20-16-25(14-15-26(20)21(28)8-4-2)23(30)19-11-9-18(17-27)10-12-19/h9-12,17,20H,3-8,13-16H2,1-2H3,(H,24,29). The lowest BCUT2D eigenvalue weighted by Gasteiger charge is -2.40. The molecule has 7 heteroatoms. The third kappa shape index (κ3) is 6.40. The third-order valence-corrected chi connectivity index (χ3v) is 5.38. The number of benzene rings is 1. The Hall–Kier alpha value is -2.70. The zero-order valence-corrected chi connectivity index (χ0v) is 18.1. The minimum Gasteiger partial charge on any atom is -0.354 e. The lowest BCUT2D eigenvalue weighted by atomic mass is 10.1. The highest BCUT2D eigenvalue weighted by atomic mass is 16.2. The molecule has 3 amide bonds. The van der Waals surface area contributed by atoms with E-state index >= 15 is 0 Å². The molecular formula is C23H33N3O4. The minimum atomic E-state index is -0.679. The fourth-order valence-electron chi connectivity index (χ4n) is 3.62. The predicted octanol–water partition coefficient (Wildman–Crippen LogP) is 2.65. The van der Waals surface area contributed by atoms with E-state index < -0.39 is 6.04 Å². The maximum absolute atomic E-state index is 12.9. The van der Waals surface area contributed by atoms with Crippen molar-refractivity contribution in [3.05, 3.63) is 35.4 Å². The summed E-state index contributed by atoms with van der Waals surface area (Å²) in [6, 6.07) is 5.75. The molecule has 164 valence electrons. The Morgan fingerprint density at radius 1 is 1.03 bits per heavy atom. The Bertz CT molecular complexity index is 732. The molecule has 1 unspecified atom stereocenters. The summed E-state index contributed by atoms with van der Waals surface area (Å²) in [7, 11) is 0. The lowest BCUT2D eigenvalue weighted by molar-refractivity contribution is -0.143. The highest BCUT2D eigenvalue weighted by Gasteiger charge is 2.36. The van der Waals surface area contributed by atoms with Crippen molar-refractivity contribution in [2.24, 2.45) is 0 Å². The van der Waals surface area contributed by atoms with Crippen LogP contribution in [0.4, 0.5) is 0 Å². The number of nitrogens with one attached hydrogen (secondary N) is 1. The fraction of sp³-hybridized carbons (Fsp3) is 0.565. The van der Waals surface area contributed by atoms with Gasteiger partial charge < -0.3 is 15.1 Å². The van der Waals surface area contributed by atoms with Crippen molar-refractivity contribution in [1.82, 2.24) is 15.1 Å². The van der Waals surface area contributed by atoms with Gasteiger partial charge in [-0.1, -0.05) is 45.2 Å². The first-order valence-corrected chi connectivity index (χ1v) is 10.9. The first-order chi connectivity index (χ1) is 14.5. The van der Waals surface area contributed by atoms with E-state index in [0.717, 1.165) is 32.0 Å². The van der Waals surface area contributed by atoms with E-state index in [2.05, 4.69) is 12.2 Å². The smallest absolute Gasteiger partial charge is 0.253 e. The molecule has 2 rings (SSSR count). The SMILES string of the molecule is CCCCCCNC(=O)C1CN(C(=O)c2ccc(C=O)cc2)CCN1C(=O)CCC. The van der Waals surface area contributed by atoms with Gasteiger partial charge in [-0.15, -0.1) is 0 Å². The number of hydrogen-bond donors (Lipinski definition) is 1. The van der Waals surface area contributed by atoms with Crippen LogP contribution in [-0.4, -0.2) is 66.0 Å². The Balaban J connectivity index is 2.07. The zero-order valence-electron chi connectivity index (χ0n) is 18.1. The van der Waals surface area contributed by atoms with Crippen molar-refractivity contribution in [2.45, 2.75) is 58.4 Å². The molecule has 1 fully saturated rings. The maximum atomic E-state index is 12.9. The molecule has 0 aromatic heterocycles. The van der Waals surface area contributed by atoms with Gasteiger partial charge in [-0.05, 0) is 25.0 Å². The van der Waals surface area contributed by atoms with Crippen LogP contribution in [0.3, 0.4) is 0 Å². The Kier molecular flexibility index (Phi) is 9.51. The molecular weight excluding hydrogens is 382 g/mol. The monoisotopic (exact) mass is 415 g/mol. The largest absolute Gasteiger partial charge is 0.354 e. The summed E-state index contributed by atoms with van der Waals surface area (Å²) in [6.45, 7) is 5.53. The molecule has 1 aliphatic rings. The van der Waals surface area contributed by atoms with Crippen LogP contribution in [0, 0.1) is 0 Å². The number of carbonyl (C=O) groups is 4. The van der Waals surface area contributed by atoms with Crippen LogP contribution in [0.1, 0.15) is 73.1 Å². The summed E-state index contributed by atoms with van der Waals surface area (Å²) in [4.78, 5) is 52.4. The van der Waals surface area contributed by atoms with Crippen LogP contribution in [-0.2, 0) is 9.59 Å². The van der Waals surface area contributed by atoms with E-state index in [1.165, 1.54) is 0 Å². The van der Waals surface area contributed by atoms with Gasteiger partial charge >= 0.3 is 0 Å². The summed E-state index contributed by atoms with van der Waals surface area (Å²) in [5.41, 5.74) is 0.967. The Labute approximate surface area is 178 Å². The summed E-state index contributed by atoms with van der Waals surface area (Å²) in [6.07, 6.45) is 6.05. The molecule has 1 aliphatic heterocycles. The van der Waals surface area contributed by atoms with Crippen LogP contribution in [0.5, 0.6) is 0 Å². The van der Waals surface area contributed by atoms with Crippen molar-refractivity contribution in [3.63, 3.8) is 0 Å². The summed E-state index contributed by atoms with van der Waals surface area (Å²) in [5, 5.41) is 2.94. The molecule has 1 aromatic rings. The number of nitrogens with zero attached hydrogens (tertiary/aromatic N) is 2. The van der Waals surface area contributed by atoms with E-state index in [0.29, 0.717) is 43.6 Å². The number of aldehydes is 1. The molecule has 1 N–H and O–H groups in total. The van der Waals surface area contributed by atoms with Crippen LogP contribution in [0.2, 0.25) is 0 Å². The molecule has 1 heterocycles. The second-order valence-corrected chi connectivity index (χ2v) is 7.70. The maximum Gasteiger partial charge on any atom is 0.253 e. The van der Waals surface area contributed by atoms with Crippen molar-refractivity contribution in [2.75, 3.05) is 26.2 Å². The van der Waals surface area contributed by atoms with E-state index in [-0.39, 0.29) is 24.3 Å². The van der Waals surface area contributed by atoms with Crippen molar-refractivity contribution in [3.8, 4) is 0 Å². The molecule has 0 spiro atoms. The Morgan fingerprint density at radius 3 is 2.40 bits per heavy atom. The van der Waals surface area contributed by atoms with E-state index in [1.54, 1.807) is 34.1 Å². The molecule has 0 radical (unpaired) electrons. The first kappa shape index (κ1) is 23.6. The van der Waals surface area contributed by atoms with Gasteiger partial charge in [0.1, 0.15) is 12.3 Å². The van der Waals surface area contributed by atoms with Crippen molar-refractivity contribution >= 4 is 24.0 Å². The number of carbonyl (C=O) groups excluding carboxylic acids is 4. The molecule has 0 saturated carbocycles. The van der Waals surface area contributed by atoms with Crippen molar-refractivity contribution < 1.29 is 19.2 Å². The van der Waals surface area contributed by atoms with Gasteiger partial charge in [-0.3, -0.25) is 19.2 Å². The quantitative estimate of drug-likeness (QED) is 0.470. The topological polar surface area (TPSA) is 86.8 Å². The first-order valence-electron chi connectivity index (χ1n) is 10.9. The highest BCUT2D eigenvalue weighted by Crippen LogP contribution is 2.16. The van der Waals surface area contributed by atoms with Crippen LogP contribution in [0.15, 0.2) is 24.3 Å². The average molecular weight is 416 g/mol. The van der Waals surface area contributed by atoms with Gasteiger partial charge in [0, 0.05) is 37.2 Å². The Morgan fingerprint density at radius 2 is 1.77 bits per heavy atom. The molecule has 1 aromatic carbocycles. The van der Waals surface area contributed by atoms with Gasteiger partial charge in [0.05, 0.1) is 6.54 Å². The molecule has 1 atom stereocenters. The van der Waals surface area contributed by atoms with Gasteiger partial charge in [0.25, 0.3) is 5.91 Å². The summed E-state index contributed by atoms with van der Waals surface area (Å²) in [5.74, 6) is -0.452. The normalized spacial score (nSPS) is 16.3. The molecule has 1 saturated heterocycles. The van der Waals surface area contributed by atoms with Gasteiger partial charge in [0.2, 0.25) is 11.8 Å². The molecule has 0 aliphatic carbocycles. The van der Waals surface area contributed by atoms with E-state index in [9.17, 15) is 19.2 Å². The van der Waals surface area contributed by atoms with Crippen LogP contribution < -0.4 is 5.32 Å². The van der Waals surface area contributed by atoms with Crippen LogP contribution >= 0.6 is 0 Å². The lowest BCUT2D eigenvalue weighted by Crippen LogP contribution is -2.61. The van der Waals surface area contributed by atoms with Gasteiger partial charge in [0.15, 0.2) is 0 Å².